The fourth-order valence-corrected chi connectivity index (χ4v) is 3.26. The molecule has 3 rings (SSSR count). The van der Waals surface area contributed by atoms with Gasteiger partial charge in [0.05, 0.1) is 19.3 Å². The minimum absolute atomic E-state index is 0.149. The number of likely N-dealkylation sites (N-methyl/N-ethyl adjacent to an activating group) is 1. The number of pyridine rings is 1. The molecule has 0 bridgehead atoms. The van der Waals surface area contributed by atoms with E-state index in [1.54, 1.807) is 19.4 Å². The van der Waals surface area contributed by atoms with Crippen LogP contribution in [0.25, 0.3) is 0 Å². The Bertz CT molecular complexity index is 895. The second-order valence-corrected chi connectivity index (χ2v) is 7.60. The first-order valence-corrected chi connectivity index (χ1v) is 10.3. The summed E-state index contributed by atoms with van der Waals surface area (Å²) < 4.78 is 5.24. The summed E-state index contributed by atoms with van der Waals surface area (Å²) in [7, 11) is 3.66. The van der Waals surface area contributed by atoms with Gasteiger partial charge in [-0.3, -0.25) is 4.79 Å². The molecule has 1 aliphatic rings. The molecule has 0 aliphatic carbocycles. The molecule has 1 fully saturated rings. The topological polar surface area (TPSA) is 98.8 Å². The van der Waals surface area contributed by atoms with E-state index in [0.29, 0.717) is 18.0 Å². The summed E-state index contributed by atoms with van der Waals surface area (Å²) in [5, 5.41) is 8.04. The monoisotopic (exact) mass is 426 g/mol. The number of amides is 3. The van der Waals surface area contributed by atoms with E-state index in [4.69, 9.17) is 4.74 Å². The van der Waals surface area contributed by atoms with Crippen LogP contribution in [0.5, 0.6) is 5.75 Å². The SMILES string of the molecule is COc1ccc(C)cc1NC(=O)CNC(=O)NCc1ccc(N2CCN(C)CC2)nc1. The van der Waals surface area contributed by atoms with Crippen molar-refractivity contribution in [3.05, 3.63) is 47.7 Å². The van der Waals surface area contributed by atoms with Crippen LogP contribution in [0.3, 0.4) is 0 Å². The first-order valence-electron chi connectivity index (χ1n) is 10.3. The summed E-state index contributed by atoms with van der Waals surface area (Å²) in [5.41, 5.74) is 2.46. The Labute approximate surface area is 182 Å². The fourth-order valence-electron chi connectivity index (χ4n) is 3.26. The van der Waals surface area contributed by atoms with Crippen LogP contribution in [0, 0.1) is 6.92 Å². The predicted molar refractivity (Wildman–Crippen MR) is 121 cm³/mol. The molecule has 31 heavy (non-hydrogen) atoms. The van der Waals surface area contributed by atoms with Gasteiger partial charge in [0.1, 0.15) is 11.6 Å². The van der Waals surface area contributed by atoms with Crippen molar-refractivity contribution >= 4 is 23.4 Å². The Balaban J connectivity index is 1.41. The molecule has 3 N–H and O–H groups in total. The number of nitrogens with one attached hydrogen (secondary N) is 3. The van der Waals surface area contributed by atoms with Crippen LogP contribution in [-0.4, -0.2) is 68.7 Å². The number of aryl methyl sites for hydroxylation is 1. The third kappa shape index (κ3) is 6.58. The minimum atomic E-state index is -0.422. The number of rotatable bonds is 7. The van der Waals surface area contributed by atoms with Gasteiger partial charge in [-0.1, -0.05) is 12.1 Å². The van der Waals surface area contributed by atoms with Crippen LogP contribution in [0.15, 0.2) is 36.5 Å². The second kappa shape index (κ2) is 10.6. The Morgan fingerprint density at radius 3 is 2.55 bits per heavy atom. The Hall–Kier alpha value is -3.33. The lowest BCUT2D eigenvalue weighted by atomic mass is 10.2. The Morgan fingerprint density at radius 1 is 1.10 bits per heavy atom. The van der Waals surface area contributed by atoms with Crippen molar-refractivity contribution in [3.63, 3.8) is 0 Å². The first kappa shape index (κ1) is 22.4. The van der Waals surface area contributed by atoms with Crippen LogP contribution in [0.1, 0.15) is 11.1 Å². The largest absolute Gasteiger partial charge is 0.495 e. The zero-order chi connectivity index (χ0) is 22.2. The normalized spacial score (nSPS) is 14.1. The molecule has 1 aliphatic heterocycles. The van der Waals surface area contributed by atoms with Gasteiger partial charge in [0.15, 0.2) is 0 Å². The molecule has 3 amide bonds. The number of ether oxygens (including phenoxy) is 1. The van der Waals surface area contributed by atoms with Gasteiger partial charge in [-0.2, -0.15) is 0 Å². The molecule has 9 heteroatoms. The van der Waals surface area contributed by atoms with Crippen LogP contribution in [0.4, 0.5) is 16.3 Å². The third-order valence-corrected chi connectivity index (χ3v) is 5.13. The van der Waals surface area contributed by atoms with Crippen molar-refractivity contribution in [1.29, 1.82) is 0 Å². The number of methoxy groups -OCH3 is 1. The van der Waals surface area contributed by atoms with Crippen LogP contribution < -0.4 is 25.6 Å². The van der Waals surface area contributed by atoms with Gasteiger partial charge in [-0.05, 0) is 43.3 Å². The van der Waals surface area contributed by atoms with Crippen LogP contribution in [0.2, 0.25) is 0 Å². The van der Waals surface area contributed by atoms with E-state index in [2.05, 4.69) is 37.8 Å². The van der Waals surface area contributed by atoms with E-state index in [9.17, 15) is 9.59 Å². The van der Waals surface area contributed by atoms with E-state index in [1.807, 2.05) is 31.2 Å². The highest BCUT2D eigenvalue weighted by atomic mass is 16.5. The van der Waals surface area contributed by atoms with Gasteiger partial charge in [0.2, 0.25) is 5.91 Å². The second-order valence-electron chi connectivity index (χ2n) is 7.60. The highest BCUT2D eigenvalue weighted by Crippen LogP contribution is 2.24. The molecule has 1 aromatic heterocycles. The number of piperazine rings is 1. The van der Waals surface area contributed by atoms with Gasteiger partial charge < -0.3 is 30.5 Å². The molecule has 166 valence electrons. The van der Waals surface area contributed by atoms with Crippen molar-refractivity contribution < 1.29 is 14.3 Å². The van der Waals surface area contributed by atoms with E-state index >= 15 is 0 Å². The van der Waals surface area contributed by atoms with Gasteiger partial charge in [-0.25, -0.2) is 9.78 Å². The van der Waals surface area contributed by atoms with Crippen molar-refractivity contribution in [1.82, 2.24) is 20.5 Å². The van der Waals surface area contributed by atoms with E-state index in [0.717, 1.165) is 43.1 Å². The van der Waals surface area contributed by atoms with Crippen molar-refractivity contribution in [2.24, 2.45) is 0 Å². The third-order valence-electron chi connectivity index (χ3n) is 5.13. The maximum atomic E-state index is 12.2. The number of carbonyl (C=O) groups excluding carboxylic acids is 2. The smallest absolute Gasteiger partial charge is 0.315 e. The maximum absolute atomic E-state index is 12.2. The summed E-state index contributed by atoms with van der Waals surface area (Å²) in [6, 6.07) is 9.01. The van der Waals surface area contributed by atoms with Gasteiger partial charge in [0.25, 0.3) is 0 Å². The highest BCUT2D eigenvalue weighted by molar-refractivity contribution is 5.95. The minimum Gasteiger partial charge on any atom is -0.495 e. The maximum Gasteiger partial charge on any atom is 0.315 e. The number of benzene rings is 1. The van der Waals surface area contributed by atoms with Crippen LogP contribution >= 0.6 is 0 Å². The molecule has 2 aromatic rings. The molecule has 0 spiro atoms. The quantitative estimate of drug-likeness (QED) is 0.622. The molecule has 0 atom stereocenters. The zero-order valence-corrected chi connectivity index (χ0v) is 18.3. The lowest BCUT2D eigenvalue weighted by Gasteiger charge is -2.33. The molecule has 1 saturated heterocycles. The molecule has 2 heterocycles. The van der Waals surface area contributed by atoms with E-state index in [1.165, 1.54) is 0 Å². The van der Waals surface area contributed by atoms with Gasteiger partial charge in [0, 0.05) is 38.9 Å². The van der Waals surface area contributed by atoms with Crippen molar-refractivity contribution in [2.45, 2.75) is 13.5 Å². The number of carbonyl (C=O) groups is 2. The van der Waals surface area contributed by atoms with Crippen molar-refractivity contribution in [2.75, 3.05) is 57.1 Å². The zero-order valence-electron chi connectivity index (χ0n) is 18.3. The Morgan fingerprint density at radius 2 is 1.87 bits per heavy atom. The Kier molecular flexibility index (Phi) is 7.66. The fraction of sp³-hybridized carbons (Fsp3) is 0.409. The van der Waals surface area contributed by atoms with E-state index < -0.39 is 6.03 Å². The summed E-state index contributed by atoms with van der Waals surface area (Å²) >= 11 is 0. The number of urea groups is 1. The number of nitrogens with zero attached hydrogens (tertiary/aromatic N) is 3. The molecular weight excluding hydrogens is 396 g/mol. The summed E-state index contributed by atoms with van der Waals surface area (Å²) in [6.45, 7) is 6.07. The molecule has 9 nitrogen and oxygen atoms in total. The molecule has 0 saturated carbocycles. The van der Waals surface area contributed by atoms with Gasteiger partial charge in [-0.15, -0.1) is 0 Å². The van der Waals surface area contributed by atoms with E-state index in [-0.39, 0.29) is 12.5 Å². The average molecular weight is 427 g/mol. The first-order chi connectivity index (χ1) is 14.9. The summed E-state index contributed by atoms with van der Waals surface area (Å²) in [4.78, 5) is 33.2. The van der Waals surface area contributed by atoms with Gasteiger partial charge >= 0.3 is 6.03 Å². The lowest BCUT2D eigenvalue weighted by Crippen LogP contribution is -2.44. The lowest BCUT2D eigenvalue weighted by molar-refractivity contribution is -0.115. The van der Waals surface area contributed by atoms with Crippen molar-refractivity contribution in [3.8, 4) is 5.75 Å². The number of hydrogen-bond donors (Lipinski definition) is 3. The summed E-state index contributed by atoms with van der Waals surface area (Å²) in [5.74, 6) is 1.18. The number of aromatic nitrogens is 1. The standard InChI is InChI=1S/C22H30N6O3/c1-16-4-6-19(31-3)18(12-16)26-21(29)15-25-22(30)24-14-17-5-7-20(23-13-17)28-10-8-27(2)9-11-28/h4-7,12-13H,8-11,14-15H2,1-3H3,(H,26,29)(H2,24,25,30). The average Bonchev–Trinajstić information content (AvgIpc) is 2.77. The number of hydrogen-bond acceptors (Lipinski definition) is 6. The molecule has 1 aromatic carbocycles. The molecule has 0 unspecified atom stereocenters. The molecular formula is C22H30N6O3. The number of anilines is 2. The summed E-state index contributed by atoms with van der Waals surface area (Å²) in [6.07, 6.45) is 1.77. The van der Waals surface area contributed by atoms with Crippen LogP contribution in [-0.2, 0) is 11.3 Å². The molecule has 0 radical (unpaired) electrons. The highest BCUT2D eigenvalue weighted by Gasteiger charge is 2.15. The predicted octanol–water partition coefficient (Wildman–Crippen LogP) is 1.59.